The molecule has 0 amide bonds. The van der Waals surface area contributed by atoms with Gasteiger partial charge in [-0.3, -0.25) is 0 Å². The molecule has 0 aromatic rings. The first-order chi connectivity index (χ1) is 4.68. The van der Waals surface area contributed by atoms with E-state index in [1.807, 2.05) is 5.97 Å². The van der Waals surface area contributed by atoms with Crippen molar-refractivity contribution in [3.63, 3.8) is 0 Å². The first kappa shape index (κ1) is 9.89. The molecule has 0 aliphatic heterocycles. The summed E-state index contributed by atoms with van der Waals surface area (Å²) < 4.78 is 0. The molecule has 0 aromatic heterocycles. The fraction of sp³-hybridized carbons (Fsp3) is 0.875. The molecule has 10 heavy (non-hydrogen) atoms. The maximum absolute atomic E-state index is 3.68. The zero-order valence-corrected chi connectivity index (χ0v) is 7.43. The first-order valence-corrected chi connectivity index (χ1v) is 3.99. The van der Waals surface area contributed by atoms with Crippen molar-refractivity contribution in [2.75, 3.05) is 13.6 Å². The summed E-state index contributed by atoms with van der Waals surface area (Å²) >= 11 is 0. The van der Waals surface area contributed by atoms with Crippen molar-refractivity contribution in [3.8, 4) is 0 Å². The predicted molar refractivity (Wildman–Crippen MR) is 50.2 cm³/mol. The molecule has 2 heteroatoms. The van der Waals surface area contributed by atoms with Gasteiger partial charge in [-0.25, -0.2) is 0 Å². The molecule has 0 saturated carbocycles. The van der Waals surface area contributed by atoms with Gasteiger partial charge in [-0.15, -0.1) is 0 Å². The molecule has 0 N–H and O–H groups in total. The van der Waals surface area contributed by atoms with Crippen LogP contribution in [0.1, 0.15) is 26.7 Å². The Kier molecular flexibility index (Phi) is 5.60. The van der Waals surface area contributed by atoms with E-state index >= 15 is 0 Å². The van der Waals surface area contributed by atoms with Crippen LogP contribution in [0.4, 0.5) is 0 Å². The molecule has 0 aromatic carbocycles. The zero-order chi connectivity index (χ0) is 7.98. The van der Waals surface area contributed by atoms with Crippen LogP contribution in [0.3, 0.4) is 0 Å². The van der Waals surface area contributed by atoms with Gasteiger partial charge in [-0.2, -0.15) is 0 Å². The van der Waals surface area contributed by atoms with E-state index in [4.69, 9.17) is 0 Å². The van der Waals surface area contributed by atoms with Crippen LogP contribution in [0.5, 0.6) is 0 Å². The van der Waals surface area contributed by atoms with Gasteiger partial charge in [-0.1, -0.05) is 0 Å². The number of hydrogen-bond acceptors (Lipinski definition) is 1. The van der Waals surface area contributed by atoms with Crippen LogP contribution in [0, 0.1) is 0 Å². The van der Waals surface area contributed by atoms with Crippen molar-refractivity contribution in [2.24, 2.45) is 0 Å². The number of unbranched alkanes of at least 4 members (excludes halogenated alkanes) is 1. The van der Waals surface area contributed by atoms with Gasteiger partial charge >= 0.3 is 64.7 Å². The Hall–Kier alpha value is -0.105. The van der Waals surface area contributed by atoms with Gasteiger partial charge in [0.25, 0.3) is 0 Å². The minimum absolute atomic E-state index is 0.671. The Morgan fingerprint density at radius 2 is 2.10 bits per heavy atom. The summed E-state index contributed by atoms with van der Waals surface area (Å²) in [6.07, 6.45) is 2.37. The molecule has 0 rings (SSSR count). The molecule has 0 fully saturated rings. The third-order valence-corrected chi connectivity index (χ3v) is 1.80. The first-order valence-electron chi connectivity index (χ1n) is 3.99. The topological polar surface area (TPSA) is 3.24 Å². The Bertz CT molecular complexity index is 91.3. The Labute approximate surface area is 65.5 Å². The molecule has 1 nitrogen and oxygen atoms in total. The van der Waals surface area contributed by atoms with E-state index in [9.17, 15) is 0 Å². The maximum atomic E-state index is 3.68. The third-order valence-electron chi connectivity index (χ3n) is 1.80. The number of rotatable bonds is 5. The molecular formula is C8H18BN. The van der Waals surface area contributed by atoms with E-state index in [2.05, 4.69) is 33.3 Å². The number of nitrogens with zero attached hydrogens (tertiary/aromatic N) is 1. The second-order valence-corrected chi connectivity index (χ2v) is 3.01. The van der Waals surface area contributed by atoms with E-state index in [-0.39, 0.29) is 0 Å². The van der Waals surface area contributed by atoms with Crippen LogP contribution in [0.25, 0.3) is 0 Å². The van der Waals surface area contributed by atoms with E-state index in [1.54, 1.807) is 0 Å². The molecule has 0 radical (unpaired) electrons. The molecule has 0 heterocycles. The van der Waals surface area contributed by atoms with E-state index in [0.717, 1.165) is 6.42 Å². The van der Waals surface area contributed by atoms with Gasteiger partial charge in [0.2, 0.25) is 0 Å². The van der Waals surface area contributed by atoms with E-state index in [1.165, 1.54) is 13.0 Å². The Morgan fingerprint density at radius 1 is 1.50 bits per heavy atom. The average Bonchev–Trinajstić information content (AvgIpc) is 1.88. The zero-order valence-electron chi connectivity index (χ0n) is 7.43. The summed E-state index contributed by atoms with van der Waals surface area (Å²) in [5.74, 6) is 1.98. The van der Waals surface area contributed by atoms with Crippen LogP contribution in [0.15, 0.2) is 0 Å². The fourth-order valence-electron chi connectivity index (χ4n) is 0.743. The predicted octanol–water partition coefficient (Wildman–Crippen LogP) is 0.810. The molecule has 0 spiro atoms. The second-order valence-electron chi connectivity index (χ2n) is 3.01. The summed E-state index contributed by atoms with van der Waals surface area (Å²) in [5.41, 5.74) is 0. The normalized spacial score (nSPS) is 10.8. The SMILES string of the molecule is B=CCCCN(C)C(C)C. The van der Waals surface area contributed by atoms with Gasteiger partial charge in [-0.05, 0) is 0 Å². The van der Waals surface area contributed by atoms with Crippen molar-refractivity contribution in [3.05, 3.63) is 0 Å². The van der Waals surface area contributed by atoms with Gasteiger partial charge in [0.05, 0.1) is 0 Å². The van der Waals surface area contributed by atoms with Crippen LogP contribution in [0.2, 0.25) is 0 Å². The van der Waals surface area contributed by atoms with Gasteiger partial charge in [0.1, 0.15) is 0 Å². The quantitative estimate of drug-likeness (QED) is 0.402. The molecule has 0 saturated heterocycles. The molecule has 0 bridgehead atoms. The van der Waals surface area contributed by atoms with Crippen molar-refractivity contribution < 1.29 is 0 Å². The summed E-state index contributed by atoms with van der Waals surface area (Å²) in [4.78, 5) is 2.35. The summed E-state index contributed by atoms with van der Waals surface area (Å²) in [5, 5.41) is 0. The van der Waals surface area contributed by atoms with Crippen LogP contribution in [-0.2, 0) is 0 Å². The molecular weight excluding hydrogens is 121 g/mol. The monoisotopic (exact) mass is 139 g/mol. The summed E-state index contributed by atoms with van der Waals surface area (Å²) in [6, 6.07) is 0.671. The van der Waals surface area contributed by atoms with Crippen LogP contribution >= 0.6 is 0 Å². The van der Waals surface area contributed by atoms with E-state index < -0.39 is 0 Å². The van der Waals surface area contributed by atoms with Crippen molar-refractivity contribution in [1.29, 1.82) is 0 Å². The third kappa shape index (κ3) is 4.74. The van der Waals surface area contributed by atoms with Crippen LogP contribution < -0.4 is 0 Å². The minimum atomic E-state index is 0.671. The van der Waals surface area contributed by atoms with E-state index in [0.29, 0.717) is 6.04 Å². The molecule has 0 atom stereocenters. The Morgan fingerprint density at radius 3 is 2.50 bits per heavy atom. The summed E-state index contributed by atoms with van der Waals surface area (Å²) in [7, 11) is 5.84. The standard InChI is InChI=1S/C8H18BN/c1-8(2)10(3)7-5-4-6-9/h6,8-9H,4-5,7H2,1-3H3. The fourth-order valence-corrected chi connectivity index (χ4v) is 0.743. The average molecular weight is 139 g/mol. The van der Waals surface area contributed by atoms with Crippen molar-refractivity contribution >= 4 is 13.5 Å². The van der Waals surface area contributed by atoms with Crippen LogP contribution in [-0.4, -0.2) is 38.0 Å². The number of hydrogen-bond donors (Lipinski definition) is 0. The summed E-state index contributed by atoms with van der Waals surface area (Å²) in [6.45, 7) is 5.62. The Balaban J connectivity index is 3.21. The molecule has 0 aliphatic carbocycles. The van der Waals surface area contributed by atoms with Gasteiger partial charge < -0.3 is 0 Å². The van der Waals surface area contributed by atoms with Gasteiger partial charge in [0, 0.05) is 0 Å². The van der Waals surface area contributed by atoms with Crippen molar-refractivity contribution in [1.82, 2.24) is 4.90 Å². The van der Waals surface area contributed by atoms with Crippen molar-refractivity contribution in [2.45, 2.75) is 32.7 Å². The molecule has 58 valence electrons. The second kappa shape index (κ2) is 5.66. The molecule has 0 unspecified atom stereocenters. The van der Waals surface area contributed by atoms with Gasteiger partial charge in [0.15, 0.2) is 0 Å². The molecule has 0 aliphatic rings.